The molecule has 1 saturated heterocycles. The van der Waals surface area contributed by atoms with E-state index in [1.165, 1.54) is 0 Å². The molecular weight excluding hydrogens is 473 g/mol. The van der Waals surface area contributed by atoms with Crippen LogP contribution in [0.2, 0.25) is 0 Å². The maximum Gasteiger partial charge on any atom is 0.410 e. The van der Waals surface area contributed by atoms with E-state index in [-0.39, 0.29) is 42.2 Å². The van der Waals surface area contributed by atoms with E-state index in [1.54, 1.807) is 4.90 Å². The van der Waals surface area contributed by atoms with Gasteiger partial charge in [-0.25, -0.2) is 4.79 Å². The highest BCUT2D eigenvalue weighted by atomic mass is 127. The van der Waals surface area contributed by atoms with Gasteiger partial charge < -0.3 is 29.5 Å². The highest BCUT2D eigenvalue weighted by Gasteiger charge is 2.36. The van der Waals surface area contributed by atoms with E-state index < -0.39 is 5.60 Å². The van der Waals surface area contributed by atoms with E-state index in [4.69, 9.17) is 9.47 Å². The first-order valence-corrected chi connectivity index (χ1v) is 9.98. The van der Waals surface area contributed by atoms with Gasteiger partial charge in [0, 0.05) is 39.3 Å². The lowest BCUT2D eigenvalue weighted by Gasteiger charge is -2.39. The molecule has 0 saturated carbocycles. The van der Waals surface area contributed by atoms with Crippen molar-refractivity contribution in [3.8, 4) is 0 Å². The molecular formula is C19H38IN5O3. The van der Waals surface area contributed by atoms with Crippen molar-refractivity contribution in [2.75, 3.05) is 60.0 Å². The highest BCUT2D eigenvalue weighted by Crippen LogP contribution is 2.18. The van der Waals surface area contributed by atoms with Crippen LogP contribution in [0.25, 0.3) is 0 Å². The van der Waals surface area contributed by atoms with Crippen LogP contribution in [0, 0.1) is 0 Å². The van der Waals surface area contributed by atoms with Gasteiger partial charge in [0.05, 0.1) is 18.7 Å². The van der Waals surface area contributed by atoms with Crippen LogP contribution in [0.5, 0.6) is 0 Å². The predicted molar refractivity (Wildman–Crippen MR) is 123 cm³/mol. The van der Waals surface area contributed by atoms with Crippen LogP contribution < -0.4 is 5.32 Å². The Kier molecular flexibility index (Phi) is 10.3. The zero-order valence-corrected chi connectivity index (χ0v) is 20.6. The first-order valence-electron chi connectivity index (χ1n) is 9.98. The van der Waals surface area contributed by atoms with Crippen LogP contribution in [-0.4, -0.2) is 104 Å². The minimum absolute atomic E-state index is 0. The molecule has 2 aliphatic heterocycles. The fourth-order valence-electron chi connectivity index (χ4n) is 3.31. The number of aliphatic imine (C=N–C) groups is 1. The van der Waals surface area contributed by atoms with E-state index in [0.29, 0.717) is 26.2 Å². The van der Waals surface area contributed by atoms with Gasteiger partial charge in [-0.15, -0.1) is 24.0 Å². The highest BCUT2D eigenvalue weighted by molar-refractivity contribution is 14.0. The Bertz CT molecular complexity index is 524. The van der Waals surface area contributed by atoms with Gasteiger partial charge >= 0.3 is 6.09 Å². The van der Waals surface area contributed by atoms with Crippen molar-refractivity contribution in [2.24, 2.45) is 4.99 Å². The molecule has 9 heteroatoms. The zero-order chi connectivity index (χ0) is 20.0. The molecule has 8 nitrogen and oxygen atoms in total. The fraction of sp³-hybridized carbons (Fsp3) is 0.895. The second-order valence-corrected chi connectivity index (χ2v) is 8.49. The molecule has 2 rings (SSSR count). The summed E-state index contributed by atoms with van der Waals surface area (Å²) in [6.45, 7) is 13.0. The predicted octanol–water partition coefficient (Wildman–Crippen LogP) is 1.84. The van der Waals surface area contributed by atoms with Gasteiger partial charge in [-0.2, -0.15) is 0 Å². The van der Waals surface area contributed by atoms with Crippen molar-refractivity contribution in [1.82, 2.24) is 20.0 Å². The Morgan fingerprint density at radius 1 is 1.36 bits per heavy atom. The molecule has 28 heavy (non-hydrogen) atoms. The summed E-state index contributed by atoms with van der Waals surface area (Å²) < 4.78 is 11.4. The first-order chi connectivity index (χ1) is 12.7. The Hall–Kier alpha value is -0.810. The number of ether oxygens (including phenoxy) is 2. The lowest BCUT2D eigenvalue weighted by Crippen LogP contribution is -2.58. The Balaban J connectivity index is 0.00000392. The summed E-state index contributed by atoms with van der Waals surface area (Å²) >= 11 is 0. The maximum atomic E-state index is 12.3. The van der Waals surface area contributed by atoms with Gasteiger partial charge in [-0.1, -0.05) is 0 Å². The molecule has 0 aliphatic carbocycles. The van der Waals surface area contributed by atoms with Gasteiger partial charge in [-0.3, -0.25) is 4.99 Å². The third-order valence-corrected chi connectivity index (χ3v) is 4.65. The van der Waals surface area contributed by atoms with Gasteiger partial charge in [0.25, 0.3) is 0 Å². The average molecular weight is 511 g/mol. The van der Waals surface area contributed by atoms with E-state index in [2.05, 4.69) is 34.2 Å². The number of guanidine groups is 1. The molecule has 2 unspecified atom stereocenters. The number of carbonyl (C=O) groups is 1. The molecule has 1 amide bonds. The number of carbonyl (C=O) groups excluding carboxylic acids is 1. The Morgan fingerprint density at radius 2 is 2.07 bits per heavy atom. The minimum Gasteiger partial charge on any atom is -0.444 e. The van der Waals surface area contributed by atoms with Crippen LogP contribution in [-0.2, 0) is 9.47 Å². The fourth-order valence-corrected chi connectivity index (χ4v) is 3.31. The summed E-state index contributed by atoms with van der Waals surface area (Å²) in [4.78, 5) is 23.2. The first kappa shape index (κ1) is 25.2. The number of amides is 1. The quantitative estimate of drug-likeness (QED) is 0.527. The maximum absolute atomic E-state index is 12.3. The number of nitrogens with zero attached hydrogens (tertiary/aromatic N) is 4. The summed E-state index contributed by atoms with van der Waals surface area (Å²) in [5.74, 6) is 0.929. The number of piperazine rings is 1. The molecule has 0 radical (unpaired) electrons. The largest absolute Gasteiger partial charge is 0.444 e. The Morgan fingerprint density at radius 3 is 2.68 bits per heavy atom. The summed E-state index contributed by atoms with van der Waals surface area (Å²) in [5.41, 5.74) is -0.464. The van der Waals surface area contributed by atoms with Gasteiger partial charge in [0.1, 0.15) is 5.60 Å². The SMILES string of the molecule is CCOC(CCN(C)C)CNC1=NCC2CN(C(=O)OC(C)(C)C)CCN12.I. The van der Waals surface area contributed by atoms with Crippen molar-refractivity contribution >= 4 is 36.0 Å². The number of hydrogen-bond donors (Lipinski definition) is 1. The topological polar surface area (TPSA) is 69.6 Å². The van der Waals surface area contributed by atoms with Gasteiger partial charge in [0.15, 0.2) is 5.96 Å². The third-order valence-electron chi connectivity index (χ3n) is 4.65. The number of rotatable bonds is 7. The molecule has 164 valence electrons. The third kappa shape index (κ3) is 7.90. The van der Waals surface area contributed by atoms with E-state index in [0.717, 1.165) is 32.0 Å². The van der Waals surface area contributed by atoms with Crippen molar-refractivity contribution in [3.63, 3.8) is 0 Å². The van der Waals surface area contributed by atoms with E-state index in [1.807, 2.05) is 27.7 Å². The van der Waals surface area contributed by atoms with Crippen LogP contribution in [0.1, 0.15) is 34.1 Å². The van der Waals surface area contributed by atoms with E-state index >= 15 is 0 Å². The van der Waals surface area contributed by atoms with Crippen molar-refractivity contribution < 1.29 is 14.3 Å². The average Bonchev–Trinajstić information content (AvgIpc) is 2.98. The molecule has 2 aliphatic rings. The molecule has 1 fully saturated rings. The van der Waals surface area contributed by atoms with Gasteiger partial charge in [-0.05, 0) is 48.2 Å². The molecule has 2 heterocycles. The lowest BCUT2D eigenvalue weighted by molar-refractivity contribution is 0.0136. The van der Waals surface area contributed by atoms with E-state index in [9.17, 15) is 4.79 Å². The Labute approximate surface area is 187 Å². The van der Waals surface area contributed by atoms with Crippen molar-refractivity contribution in [1.29, 1.82) is 0 Å². The number of hydrogen-bond acceptors (Lipinski definition) is 7. The summed E-state index contributed by atoms with van der Waals surface area (Å²) in [7, 11) is 4.15. The van der Waals surface area contributed by atoms with Crippen LogP contribution in [0.3, 0.4) is 0 Å². The van der Waals surface area contributed by atoms with Crippen LogP contribution in [0.15, 0.2) is 4.99 Å². The molecule has 0 bridgehead atoms. The molecule has 2 atom stereocenters. The number of nitrogens with one attached hydrogen (secondary N) is 1. The molecule has 0 aromatic rings. The second kappa shape index (κ2) is 11.4. The zero-order valence-electron chi connectivity index (χ0n) is 18.2. The smallest absolute Gasteiger partial charge is 0.410 e. The van der Waals surface area contributed by atoms with Crippen LogP contribution in [0.4, 0.5) is 4.79 Å². The number of fused-ring (bicyclic) bond motifs is 1. The van der Waals surface area contributed by atoms with Gasteiger partial charge in [0.2, 0.25) is 0 Å². The standard InChI is InChI=1S/C19H37N5O3.HI/c1-7-26-16(8-9-22(5)6)13-21-17-20-12-15-14-23(10-11-24(15)17)18(25)27-19(2,3)4;/h15-16H,7-14H2,1-6H3,(H,20,21);1H. The molecule has 1 N–H and O–H groups in total. The van der Waals surface area contributed by atoms with Crippen LogP contribution >= 0.6 is 24.0 Å². The van der Waals surface area contributed by atoms with Crippen molar-refractivity contribution in [3.05, 3.63) is 0 Å². The lowest BCUT2D eigenvalue weighted by atomic mass is 10.2. The molecule has 0 spiro atoms. The monoisotopic (exact) mass is 511 g/mol. The normalized spacial score (nSPS) is 20.4. The summed E-state index contributed by atoms with van der Waals surface area (Å²) in [6, 6.07) is 0.223. The van der Waals surface area contributed by atoms with Crippen molar-refractivity contribution in [2.45, 2.75) is 51.9 Å². The summed E-state index contributed by atoms with van der Waals surface area (Å²) in [5, 5.41) is 3.47. The summed E-state index contributed by atoms with van der Waals surface area (Å²) in [6.07, 6.45) is 0.919. The molecule has 0 aromatic carbocycles. The number of halogens is 1. The second-order valence-electron chi connectivity index (χ2n) is 8.49. The molecule has 0 aromatic heterocycles. The minimum atomic E-state index is -0.464.